The molecule has 0 spiro atoms. The maximum atomic E-state index is 11.1. The number of hydrogen-bond donors (Lipinski definition) is 0. The van der Waals surface area contributed by atoms with E-state index in [2.05, 4.69) is 15.9 Å². The van der Waals surface area contributed by atoms with Crippen LogP contribution in [-0.4, -0.2) is 15.5 Å². The topological polar surface area (TPSA) is 67.2 Å². The lowest BCUT2D eigenvalue weighted by Gasteiger charge is -2.07. The highest BCUT2D eigenvalue weighted by molar-refractivity contribution is 9.10. The molecule has 0 bridgehead atoms. The van der Waals surface area contributed by atoms with Gasteiger partial charge < -0.3 is 4.74 Å². The van der Waals surface area contributed by atoms with Crippen LogP contribution >= 0.6 is 26.6 Å². The van der Waals surface area contributed by atoms with E-state index < -0.39 is 9.05 Å². The first-order valence-corrected chi connectivity index (χ1v) is 6.73. The van der Waals surface area contributed by atoms with Crippen LogP contribution < -0.4 is 4.74 Å². The molecule has 0 heterocycles. The maximum Gasteiger partial charge on any atom is 0.262 e. The number of ether oxygens (including phenoxy) is 1. The number of hydrogen-bond acceptors (Lipinski definition) is 4. The van der Waals surface area contributed by atoms with Gasteiger partial charge in [0.15, 0.2) is 5.75 Å². The third kappa shape index (κ3) is 2.43. The van der Waals surface area contributed by atoms with Crippen LogP contribution in [0.1, 0.15) is 5.56 Å². The summed E-state index contributed by atoms with van der Waals surface area (Å²) in [5.41, 5.74) is 0.230. The quantitative estimate of drug-likeness (QED) is 0.786. The minimum absolute atomic E-state index is 0.125. The van der Waals surface area contributed by atoms with E-state index in [0.717, 1.165) is 0 Å². The van der Waals surface area contributed by atoms with Gasteiger partial charge in [-0.05, 0) is 28.1 Å². The van der Waals surface area contributed by atoms with Crippen LogP contribution in [0.3, 0.4) is 0 Å². The molecule has 0 saturated heterocycles. The van der Waals surface area contributed by atoms with E-state index in [-0.39, 0.29) is 20.7 Å². The monoisotopic (exact) mass is 309 g/mol. The van der Waals surface area contributed by atoms with Gasteiger partial charge in [-0.3, -0.25) is 0 Å². The predicted molar refractivity (Wildman–Crippen MR) is 58.4 cm³/mol. The first-order chi connectivity index (χ1) is 6.91. The summed E-state index contributed by atoms with van der Waals surface area (Å²) in [5, 5.41) is 8.73. The molecule has 1 rings (SSSR count). The van der Waals surface area contributed by atoms with Crippen LogP contribution in [0.25, 0.3) is 0 Å². The predicted octanol–water partition coefficient (Wildman–Crippen LogP) is 2.26. The fourth-order valence-corrected chi connectivity index (χ4v) is 3.36. The minimum Gasteiger partial charge on any atom is -0.494 e. The summed E-state index contributed by atoms with van der Waals surface area (Å²) in [6.45, 7) is 0. The standard InChI is InChI=1S/C8H5BrClNO3S/c1-14-8-5(4-11)2-3-6(7(8)9)15(10,12)13/h2-3H,1H3. The second kappa shape index (κ2) is 4.39. The van der Waals surface area contributed by atoms with Crippen molar-refractivity contribution in [3.05, 3.63) is 22.2 Å². The molecule has 80 valence electrons. The Balaban J connectivity index is 3.59. The zero-order chi connectivity index (χ0) is 11.6. The van der Waals surface area contributed by atoms with Gasteiger partial charge in [-0.1, -0.05) is 0 Å². The largest absolute Gasteiger partial charge is 0.494 e. The molecule has 1 aromatic rings. The van der Waals surface area contributed by atoms with E-state index in [0.29, 0.717) is 0 Å². The summed E-state index contributed by atoms with van der Waals surface area (Å²) in [4.78, 5) is -0.125. The Labute approximate surface area is 100.0 Å². The van der Waals surface area contributed by atoms with Gasteiger partial charge in [0.05, 0.1) is 17.1 Å². The molecular weight excluding hydrogens is 306 g/mol. The molecule has 0 atom stereocenters. The Bertz CT molecular complexity index is 536. The Morgan fingerprint density at radius 3 is 2.53 bits per heavy atom. The zero-order valence-corrected chi connectivity index (χ0v) is 10.6. The first-order valence-electron chi connectivity index (χ1n) is 3.63. The van der Waals surface area contributed by atoms with Gasteiger partial charge in [-0.2, -0.15) is 5.26 Å². The molecule has 4 nitrogen and oxygen atoms in total. The van der Waals surface area contributed by atoms with Gasteiger partial charge in [-0.15, -0.1) is 0 Å². The van der Waals surface area contributed by atoms with Crippen molar-refractivity contribution in [2.75, 3.05) is 7.11 Å². The lowest BCUT2D eigenvalue weighted by molar-refractivity contribution is 0.409. The highest BCUT2D eigenvalue weighted by atomic mass is 79.9. The summed E-state index contributed by atoms with van der Waals surface area (Å²) < 4.78 is 27.3. The lowest BCUT2D eigenvalue weighted by Crippen LogP contribution is -1.97. The molecule has 0 N–H and O–H groups in total. The normalized spacial score (nSPS) is 10.8. The average molecular weight is 311 g/mol. The molecule has 0 aliphatic carbocycles. The molecule has 0 aromatic heterocycles. The van der Waals surface area contributed by atoms with E-state index in [1.165, 1.54) is 19.2 Å². The first kappa shape index (κ1) is 12.3. The Morgan fingerprint density at radius 2 is 2.13 bits per heavy atom. The molecule has 0 aliphatic rings. The number of nitrogens with zero attached hydrogens (tertiary/aromatic N) is 1. The second-order valence-corrected chi connectivity index (χ2v) is 5.84. The highest BCUT2D eigenvalue weighted by Gasteiger charge is 2.20. The molecule has 0 fully saturated rings. The molecule has 1 aromatic carbocycles. The molecule has 0 aliphatic heterocycles. The van der Waals surface area contributed by atoms with Crippen LogP contribution in [0.4, 0.5) is 0 Å². The van der Waals surface area contributed by atoms with E-state index in [4.69, 9.17) is 20.7 Å². The minimum atomic E-state index is -3.86. The van der Waals surface area contributed by atoms with Gasteiger partial charge in [0.1, 0.15) is 11.0 Å². The molecule has 0 saturated carbocycles. The van der Waals surface area contributed by atoms with Gasteiger partial charge in [0.2, 0.25) is 0 Å². The zero-order valence-electron chi connectivity index (χ0n) is 7.49. The van der Waals surface area contributed by atoms with Crippen molar-refractivity contribution in [3.63, 3.8) is 0 Å². The second-order valence-electron chi connectivity index (χ2n) is 2.51. The Hall–Kier alpha value is -0.770. The van der Waals surface area contributed by atoms with Gasteiger partial charge >= 0.3 is 0 Å². The summed E-state index contributed by atoms with van der Waals surface area (Å²) in [6.07, 6.45) is 0. The van der Waals surface area contributed by atoms with Gasteiger partial charge in [0, 0.05) is 10.7 Å². The van der Waals surface area contributed by atoms with Crippen LogP contribution in [-0.2, 0) is 9.05 Å². The fraction of sp³-hybridized carbons (Fsp3) is 0.125. The van der Waals surface area contributed by atoms with Crippen LogP contribution in [0, 0.1) is 11.3 Å². The summed E-state index contributed by atoms with van der Waals surface area (Å²) >= 11 is 3.03. The number of nitriles is 1. The van der Waals surface area contributed by atoms with E-state index in [1.54, 1.807) is 0 Å². The number of methoxy groups -OCH3 is 1. The maximum absolute atomic E-state index is 11.1. The fourth-order valence-electron chi connectivity index (χ4n) is 1.01. The number of halogens is 2. The van der Waals surface area contributed by atoms with Gasteiger partial charge in [-0.25, -0.2) is 8.42 Å². The van der Waals surface area contributed by atoms with Crippen LogP contribution in [0.15, 0.2) is 21.5 Å². The number of rotatable bonds is 2. The SMILES string of the molecule is COc1c(C#N)ccc(S(=O)(=O)Cl)c1Br. The highest BCUT2D eigenvalue weighted by Crippen LogP contribution is 2.35. The number of benzene rings is 1. The molecule has 7 heteroatoms. The third-order valence-corrected chi connectivity index (χ3v) is 4.06. The molecule has 0 unspecified atom stereocenters. The van der Waals surface area contributed by atoms with Crippen molar-refractivity contribution in [3.8, 4) is 11.8 Å². The van der Waals surface area contributed by atoms with E-state index >= 15 is 0 Å². The van der Waals surface area contributed by atoms with Crippen molar-refractivity contribution >= 4 is 35.7 Å². The molecule has 0 amide bonds. The van der Waals surface area contributed by atoms with Crippen molar-refractivity contribution in [1.29, 1.82) is 5.26 Å². The van der Waals surface area contributed by atoms with Crippen molar-refractivity contribution in [2.45, 2.75) is 4.90 Å². The average Bonchev–Trinajstić information content (AvgIpc) is 2.15. The lowest BCUT2D eigenvalue weighted by atomic mass is 10.2. The van der Waals surface area contributed by atoms with E-state index in [9.17, 15) is 8.42 Å². The molecule has 15 heavy (non-hydrogen) atoms. The third-order valence-electron chi connectivity index (χ3n) is 1.65. The summed E-state index contributed by atoms with van der Waals surface area (Å²) in [5.74, 6) is 0.152. The van der Waals surface area contributed by atoms with Crippen molar-refractivity contribution in [2.24, 2.45) is 0 Å². The van der Waals surface area contributed by atoms with Crippen LogP contribution in [0.2, 0.25) is 0 Å². The van der Waals surface area contributed by atoms with Crippen molar-refractivity contribution in [1.82, 2.24) is 0 Å². The van der Waals surface area contributed by atoms with Gasteiger partial charge in [0.25, 0.3) is 9.05 Å². The summed E-state index contributed by atoms with van der Waals surface area (Å²) in [7, 11) is 2.68. The summed E-state index contributed by atoms with van der Waals surface area (Å²) in [6, 6.07) is 4.45. The van der Waals surface area contributed by atoms with Crippen LogP contribution in [0.5, 0.6) is 5.75 Å². The Morgan fingerprint density at radius 1 is 1.53 bits per heavy atom. The van der Waals surface area contributed by atoms with E-state index in [1.807, 2.05) is 6.07 Å². The molecular formula is C8H5BrClNO3S. The van der Waals surface area contributed by atoms with Crippen molar-refractivity contribution < 1.29 is 13.2 Å². The Kier molecular flexibility index (Phi) is 3.60. The smallest absolute Gasteiger partial charge is 0.262 e. The molecule has 0 radical (unpaired) electrons.